The Labute approximate surface area is 113 Å². The van der Waals surface area contributed by atoms with Crippen LogP contribution in [0.2, 0.25) is 0 Å². The first-order valence-electron chi connectivity index (χ1n) is 5.48. The van der Waals surface area contributed by atoms with Crippen LogP contribution in [0.4, 0.5) is 10.1 Å². The zero-order valence-corrected chi connectivity index (χ0v) is 11.3. The van der Waals surface area contributed by atoms with E-state index in [0.717, 1.165) is 0 Å². The van der Waals surface area contributed by atoms with E-state index in [1.165, 1.54) is 24.3 Å². The van der Waals surface area contributed by atoms with Crippen molar-refractivity contribution in [3.05, 3.63) is 30.1 Å². The number of hydrogen-bond acceptors (Lipinski definition) is 3. The number of nitrogens with one attached hydrogen (secondary N) is 1. The van der Waals surface area contributed by atoms with Crippen molar-refractivity contribution in [1.29, 1.82) is 0 Å². The van der Waals surface area contributed by atoms with Crippen LogP contribution in [0.25, 0.3) is 0 Å². The van der Waals surface area contributed by atoms with Crippen molar-refractivity contribution in [3.63, 3.8) is 0 Å². The molecule has 0 spiro atoms. The van der Waals surface area contributed by atoms with Gasteiger partial charge in [-0.15, -0.1) is 12.4 Å². The second kappa shape index (κ2) is 8.02. The highest BCUT2D eigenvalue weighted by Gasteiger charge is 2.11. The van der Waals surface area contributed by atoms with Crippen LogP contribution in [0.1, 0.15) is 6.92 Å². The molecule has 0 bridgehead atoms. The lowest BCUT2D eigenvalue weighted by Crippen LogP contribution is -2.40. The Bertz CT molecular complexity index is 372. The third-order valence-electron chi connectivity index (χ3n) is 2.61. The molecule has 0 aromatic heterocycles. The number of hydrogen-bond donors (Lipinski definition) is 2. The van der Waals surface area contributed by atoms with E-state index in [2.05, 4.69) is 5.32 Å². The summed E-state index contributed by atoms with van der Waals surface area (Å²) >= 11 is 0. The molecular weight excluding hydrogens is 257 g/mol. The summed E-state index contributed by atoms with van der Waals surface area (Å²) in [5.41, 5.74) is 6.09. The van der Waals surface area contributed by atoms with E-state index in [1.807, 2.05) is 18.9 Å². The molecule has 102 valence electrons. The fourth-order valence-electron chi connectivity index (χ4n) is 1.30. The van der Waals surface area contributed by atoms with Gasteiger partial charge in [0.05, 0.1) is 6.54 Å². The number of likely N-dealkylation sites (N-methyl/N-ethyl adjacent to an activating group) is 1. The van der Waals surface area contributed by atoms with Crippen molar-refractivity contribution < 1.29 is 9.18 Å². The Morgan fingerprint density at radius 2 is 2.00 bits per heavy atom. The van der Waals surface area contributed by atoms with Crippen LogP contribution in [0.5, 0.6) is 0 Å². The lowest BCUT2D eigenvalue weighted by Gasteiger charge is -2.22. The number of amides is 1. The lowest BCUT2D eigenvalue weighted by atomic mass is 10.3. The largest absolute Gasteiger partial charge is 0.329 e. The molecule has 18 heavy (non-hydrogen) atoms. The maximum Gasteiger partial charge on any atom is 0.238 e. The molecule has 0 aliphatic heterocycles. The van der Waals surface area contributed by atoms with Crippen LogP contribution in [-0.4, -0.2) is 37.0 Å². The zero-order valence-electron chi connectivity index (χ0n) is 10.5. The number of halogens is 2. The molecule has 1 unspecified atom stereocenters. The first-order valence-corrected chi connectivity index (χ1v) is 5.48. The maximum atomic E-state index is 12.7. The summed E-state index contributed by atoms with van der Waals surface area (Å²) in [4.78, 5) is 13.5. The Kier molecular flexibility index (Phi) is 7.50. The summed E-state index contributed by atoms with van der Waals surface area (Å²) in [6.45, 7) is 2.71. The second-order valence-corrected chi connectivity index (χ2v) is 4.05. The fourth-order valence-corrected chi connectivity index (χ4v) is 1.30. The molecule has 0 saturated carbocycles. The second-order valence-electron chi connectivity index (χ2n) is 4.05. The predicted octanol–water partition coefficient (Wildman–Crippen LogP) is 1.46. The molecule has 0 heterocycles. The smallest absolute Gasteiger partial charge is 0.238 e. The van der Waals surface area contributed by atoms with Crippen molar-refractivity contribution >= 4 is 24.0 Å². The van der Waals surface area contributed by atoms with Crippen molar-refractivity contribution in [1.82, 2.24) is 4.90 Å². The van der Waals surface area contributed by atoms with Gasteiger partial charge in [0.15, 0.2) is 0 Å². The predicted molar refractivity (Wildman–Crippen MR) is 73.4 cm³/mol. The highest BCUT2D eigenvalue weighted by molar-refractivity contribution is 5.92. The van der Waals surface area contributed by atoms with Gasteiger partial charge in [0.1, 0.15) is 5.82 Å². The Hall–Kier alpha value is -1.17. The number of nitrogens with two attached hydrogens (primary N) is 1. The summed E-state index contributed by atoms with van der Waals surface area (Å²) in [5, 5.41) is 2.69. The van der Waals surface area contributed by atoms with Gasteiger partial charge in [-0.1, -0.05) is 0 Å². The number of benzene rings is 1. The maximum absolute atomic E-state index is 12.7. The average molecular weight is 276 g/mol. The summed E-state index contributed by atoms with van der Waals surface area (Å²) in [6, 6.07) is 5.82. The van der Waals surface area contributed by atoms with Crippen LogP contribution >= 0.6 is 12.4 Å². The van der Waals surface area contributed by atoms with Gasteiger partial charge in [0.25, 0.3) is 0 Å². The van der Waals surface area contributed by atoms with E-state index in [1.54, 1.807) is 0 Å². The Morgan fingerprint density at radius 1 is 1.44 bits per heavy atom. The quantitative estimate of drug-likeness (QED) is 0.855. The molecule has 0 saturated heterocycles. The topological polar surface area (TPSA) is 58.4 Å². The minimum atomic E-state index is -0.322. The number of anilines is 1. The molecule has 1 aromatic carbocycles. The van der Waals surface area contributed by atoms with E-state index in [4.69, 9.17) is 5.73 Å². The summed E-state index contributed by atoms with van der Waals surface area (Å²) in [7, 11) is 1.84. The molecule has 6 heteroatoms. The van der Waals surface area contributed by atoms with Gasteiger partial charge in [-0.2, -0.15) is 0 Å². The fraction of sp³-hybridized carbons (Fsp3) is 0.417. The van der Waals surface area contributed by atoms with E-state index >= 15 is 0 Å². The standard InChI is InChI=1S/C12H18FN3O.ClH/c1-9(7-14)16(2)8-12(17)15-11-5-3-10(13)4-6-11;/h3-6,9H,7-8,14H2,1-2H3,(H,15,17);1H. The average Bonchev–Trinajstić information content (AvgIpc) is 2.30. The van der Waals surface area contributed by atoms with E-state index < -0.39 is 0 Å². The van der Waals surface area contributed by atoms with Crippen molar-refractivity contribution in [2.45, 2.75) is 13.0 Å². The van der Waals surface area contributed by atoms with E-state index in [9.17, 15) is 9.18 Å². The van der Waals surface area contributed by atoms with E-state index in [-0.39, 0.29) is 36.7 Å². The third kappa shape index (κ3) is 5.44. The van der Waals surface area contributed by atoms with Crippen molar-refractivity contribution in [2.24, 2.45) is 5.73 Å². The van der Waals surface area contributed by atoms with Gasteiger partial charge in [-0.25, -0.2) is 4.39 Å². The normalized spacial score (nSPS) is 11.8. The Morgan fingerprint density at radius 3 is 2.50 bits per heavy atom. The molecule has 3 N–H and O–H groups in total. The van der Waals surface area contributed by atoms with Crippen LogP contribution in [0.3, 0.4) is 0 Å². The molecule has 4 nitrogen and oxygen atoms in total. The lowest BCUT2D eigenvalue weighted by molar-refractivity contribution is -0.117. The van der Waals surface area contributed by atoms with Gasteiger partial charge in [0.2, 0.25) is 5.91 Å². The van der Waals surface area contributed by atoms with Gasteiger partial charge < -0.3 is 11.1 Å². The number of carbonyl (C=O) groups excluding carboxylic acids is 1. The van der Waals surface area contributed by atoms with Gasteiger partial charge in [0, 0.05) is 18.3 Å². The van der Waals surface area contributed by atoms with Crippen molar-refractivity contribution in [2.75, 3.05) is 25.5 Å². The van der Waals surface area contributed by atoms with Gasteiger partial charge in [-0.05, 0) is 38.2 Å². The van der Waals surface area contributed by atoms with Crippen LogP contribution in [0.15, 0.2) is 24.3 Å². The molecule has 1 atom stereocenters. The molecule has 0 radical (unpaired) electrons. The molecular formula is C12H19ClFN3O. The van der Waals surface area contributed by atoms with Crippen LogP contribution in [-0.2, 0) is 4.79 Å². The number of rotatable bonds is 5. The molecule has 0 fully saturated rings. The monoisotopic (exact) mass is 275 g/mol. The molecule has 0 aliphatic carbocycles. The zero-order chi connectivity index (χ0) is 12.8. The van der Waals surface area contributed by atoms with Gasteiger partial charge >= 0.3 is 0 Å². The third-order valence-corrected chi connectivity index (χ3v) is 2.61. The van der Waals surface area contributed by atoms with E-state index in [0.29, 0.717) is 12.2 Å². The van der Waals surface area contributed by atoms with Gasteiger partial charge in [-0.3, -0.25) is 9.69 Å². The van der Waals surface area contributed by atoms with Crippen LogP contribution < -0.4 is 11.1 Å². The van der Waals surface area contributed by atoms with Crippen LogP contribution in [0, 0.1) is 5.82 Å². The minimum absolute atomic E-state index is 0. The Balaban J connectivity index is 0.00000289. The summed E-state index contributed by atoms with van der Waals surface area (Å²) in [5.74, 6) is -0.462. The van der Waals surface area contributed by atoms with Crippen molar-refractivity contribution in [3.8, 4) is 0 Å². The minimum Gasteiger partial charge on any atom is -0.329 e. The first-order chi connectivity index (χ1) is 8.02. The highest BCUT2D eigenvalue weighted by Crippen LogP contribution is 2.08. The molecule has 0 aliphatic rings. The summed E-state index contributed by atoms with van der Waals surface area (Å²) < 4.78 is 12.7. The molecule has 1 amide bonds. The summed E-state index contributed by atoms with van der Waals surface area (Å²) in [6.07, 6.45) is 0. The number of carbonyl (C=O) groups is 1. The SMILES string of the molecule is CC(CN)N(C)CC(=O)Nc1ccc(F)cc1.Cl. The molecule has 1 aromatic rings. The first kappa shape index (κ1) is 16.8. The molecule has 1 rings (SSSR count). The highest BCUT2D eigenvalue weighted by atomic mass is 35.5. The number of nitrogens with zero attached hydrogens (tertiary/aromatic N) is 1.